The van der Waals surface area contributed by atoms with E-state index >= 15 is 0 Å². The first-order valence-electron chi connectivity index (χ1n) is 8.19. The van der Waals surface area contributed by atoms with E-state index in [1.807, 2.05) is 31.2 Å². The Morgan fingerprint density at radius 1 is 1.14 bits per heavy atom. The van der Waals surface area contributed by atoms with Crippen molar-refractivity contribution in [1.29, 1.82) is 0 Å². The van der Waals surface area contributed by atoms with Gasteiger partial charge in [0.1, 0.15) is 0 Å². The average Bonchev–Trinajstić information content (AvgIpc) is 2.40. The van der Waals surface area contributed by atoms with Gasteiger partial charge < -0.3 is 5.11 Å². The van der Waals surface area contributed by atoms with Gasteiger partial charge in [-0.3, -0.25) is 4.79 Å². The Balaban J connectivity index is 2.34. The van der Waals surface area contributed by atoms with Crippen molar-refractivity contribution in [2.75, 3.05) is 0 Å². The Morgan fingerprint density at radius 3 is 2.29 bits per heavy atom. The zero-order valence-corrected chi connectivity index (χ0v) is 13.7. The molecule has 1 fully saturated rings. The molecular formula is C19H28O2. The van der Waals surface area contributed by atoms with Crippen LogP contribution in [0, 0.1) is 30.6 Å². The van der Waals surface area contributed by atoms with Crippen molar-refractivity contribution in [3.05, 3.63) is 35.4 Å². The fraction of sp³-hybridized carbons (Fsp3) is 0.632. The Kier molecular flexibility index (Phi) is 5.08. The van der Waals surface area contributed by atoms with E-state index in [9.17, 15) is 9.90 Å². The van der Waals surface area contributed by atoms with E-state index in [-0.39, 0.29) is 11.8 Å². The van der Waals surface area contributed by atoms with Crippen molar-refractivity contribution in [3.8, 4) is 0 Å². The lowest BCUT2D eigenvalue weighted by Gasteiger charge is -2.40. The van der Waals surface area contributed by atoms with Gasteiger partial charge in [0.25, 0.3) is 0 Å². The lowest BCUT2D eigenvalue weighted by molar-refractivity contribution is -0.141. The minimum atomic E-state index is -0.663. The van der Waals surface area contributed by atoms with Gasteiger partial charge in [-0.25, -0.2) is 0 Å². The number of hydrogen-bond donors (Lipinski definition) is 1. The smallest absolute Gasteiger partial charge is 0.311 e. The summed E-state index contributed by atoms with van der Waals surface area (Å²) in [5, 5.41) is 9.83. The number of aryl methyl sites for hydroxylation is 1. The molecule has 1 unspecified atom stereocenters. The van der Waals surface area contributed by atoms with E-state index in [1.54, 1.807) is 0 Å². The maximum Gasteiger partial charge on any atom is 0.311 e. The number of carboxylic acid groups (broad SMARTS) is 1. The lowest BCUT2D eigenvalue weighted by atomic mass is 9.64. The van der Waals surface area contributed by atoms with Crippen LogP contribution in [-0.4, -0.2) is 11.1 Å². The van der Waals surface area contributed by atoms with E-state index in [0.717, 1.165) is 12.0 Å². The van der Waals surface area contributed by atoms with Crippen LogP contribution >= 0.6 is 0 Å². The molecule has 1 aliphatic carbocycles. The second-order valence-corrected chi connectivity index (χ2v) is 7.22. The number of carboxylic acids is 1. The largest absolute Gasteiger partial charge is 0.481 e. The third kappa shape index (κ3) is 3.66. The van der Waals surface area contributed by atoms with Gasteiger partial charge >= 0.3 is 5.97 Å². The molecule has 4 atom stereocenters. The molecule has 0 aliphatic heterocycles. The SMILES string of the molecule is Cc1ccc([C@@H](C(=O)O)[C@@H]2C[C@H](C)CCC2C(C)C)cc1. The van der Waals surface area contributed by atoms with E-state index < -0.39 is 5.97 Å². The second-order valence-electron chi connectivity index (χ2n) is 7.22. The molecule has 1 saturated carbocycles. The Labute approximate surface area is 128 Å². The molecule has 0 heterocycles. The van der Waals surface area contributed by atoms with Crippen molar-refractivity contribution in [3.63, 3.8) is 0 Å². The molecule has 0 amide bonds. The van der Waals surface area contributed by atoms with Crippen molar-refractivity contribution in [1.82, 2.24) is 0 Å². The van der Waals surface area contributed by atoms with Crippen LogP contribution in [0.15, 0.2) is 24.3 Å². The normalized spacial score (nSPS) is 27.6. The van der Waals surface area contributed by atoms with Gasteiger partial charge in [0.2, 0.25) is 0 Å². The van der Waals surface area contributed by atoms with Gasteiger partial charge in [-0.15, -0.1) is 0 Å². The molecule has 0 saturated heterocycles. The Morgan fingerprint density at radius 2 is 1.76 bits per heavy atom. The molecular weight excluding hydrogens is 260 g/mol. The fourth-order valence-corrected chi connectivity index (χ4v) is 4.01. The first-order chi connectivity index (χ1) is 9.90. The molecule has 1 aromatic carbocycles. The average molecular weight is 288 g/mol. The maximum absolute atomic E-state index is 12.0. The summed E-state index contributed by atoms with van der Waals surface area (Å²) in [6, 6.07) is 8.07. The van der Waals surface area contributed by atoms with Gasteiger partial charge in [-0.2, -0.15) is 0 Å². The number of benzene rings is 1. The van der Waals surface area contributed by atoms with Crippen molar-refractivity contribution in [2.24, 2.45) is 23.7 Å². The molecule has 0 bridgehead atoms. The number of aliphatic carboxylic acids is 1. The summed E-state index contributed by atoms with van der Waals surface area (Å²) in [4.78, 5) is 12.0. The number of rotatable bonds is 4. The van der Waals surface area contributed by atoms with Crippen LogP contribution in [0.4, 0.5) is 0 Å². The molecule has 2 nitrogen and oxygen atoms in total. The quantitative estimate of drug-likeness (QED) is 0.858. The topological polar surface area (TPSA) is 37.3 Å². The van der Waals surface area contributed by atoms with Crippen LogP contribution in [0.1, 0.15) is 57.1 Å². The van der Waals surface area contributed by atoms with Gasteiger partial charge in [0, 0.05) is 0 Å². The maximum atomic E-state index is 12.0. The molecule has 1 aliphatic rings. The summed E-state index contributed by atoms with van der Waals surface area (Å²) >= 11 is 0. The van der Waals surface area contributed by atoms with E-state index in [0.29, 0.717) is 17.8 Å². The lowest BCUT2D eigenvalue weighted by Crippen LogP contribution is -2.35. The highest BCUT2D eigenvalue weighted by Gasteiger charge is 2.39. The summed E-state index contributed by atoms with van der Waals surface area (Å²) in [6.45, 7) is 8.78. The molecule has 0 aromatic heterocycles. The summed E-state index contributed by atoms with van der Waals surface area (Å²) < 4.78 is 0. The van der Waals surface area contributed by atoms with Crippen LogP contribution in [-0.2, 0) is 4.79 Å². The number of carbonyl (C=O) groups is 1. The zero-order valence-electron chi connectivity index (χ0n) is 13.7. The summed E-state index contributed by atoms with van der Waals surface area (Å²) in [5.74, 6) is 0.939. The molecule has 21 heavy (non-hydrogen) atoms. The van der Waals surface area contributed by atoms with Gasteiger partial charge in [0.15, 0.2) is 0 Å². The van der Waals surface area contributed by atoms with Crippen molar-refractivity contribution in [2.45, 2.75) is 52.9 Å². The molecule has 116 valence electrons. The summed E-state index contributed by atoms with van der Waals surface area (Å²) in [5.41, 5.74) is 2.15. The molecule has 0 spiro atoms. The van der Waals surface area contributed by atoms with E-state index in [2.05, 4.69) is 20.8 Å². The minimum absolute atomic E-state index is 0.258. The van der Waals surface area contributed by atoms with Crippen LogP contribution in [0.25, 0.3) is 0 Å². The molecule has 1 N–H and O–H groups in total. The summed E-state index contributed by atoms with van der Waals surface area (Å²) in [7, 11) is 0. The zero-order chi connectivity index (χ0) is 15.6. The van der Waals surface area contributed by atoms with Gasteiger partial charge in [-0.1, -0.05) is 57.0 Å². The van der Waals surface area contributed by atoms with Crippen LogP contribution in [0.5, 0.6) is 0 Å². The van der Waals surface area contributed by atoms with Crippen LogP contribution in [0.2, 0.25) is 0 Å². The predicted molar refractivity (Wildman–Crippen MR) is 86.4 cm³/mol. The second kappa shape index (κ2) is 6.64. The molecule has 0 radical (unpaired) electrons. The third-order valence-electron chi connectivity index (χ3n) is 5.20. The standard InChI is InChI=1S/C19H28O2/c1-12(2)16-10-7-14(4)11-17(16)18(19(20)21)15-8-5-13(3)6-9-15/h5-6,8-9,12,14,16-18H,7,10-11H2,1-4H3,(H,20,21)/t14-,16?,17-,18-/m1/s1. The fourth-order valence-electron chi connectivity index (χ4n) is 4.01. The van der Waals surface area contributed by atoms with Crippen LogP contribution in [0.3, 0.4) is 0 Å². The molecule has 2 heteroatoms. The predicted octanol–water partition coefficient (Wildman–Crippen LogP) is 4.87. The third-order valence-corrected chi connectivity index (χ3v) is 5.20. The minimum Gasteiger partial charge on any atom is -0.481 e. The van der Waals surface area contributed by atoms with E-state index in [4.69, 9.17) is 0 Å². The van der Waals surface area contributed by atoms with Crippen molar-refractivity contribution >= 4 is 5.97 Å². The monoisotopic (exact) mass is 288 g/mol. The first kappa shape index (κ1) is 16.1. The highest BCUT2D eigenvalue weighted by Crippen LogP contribution is 2.45. The first-order valence-corrected chi connectivity index (χ1v) is 8.19. The molecule has 2 rings (SSSR count). The van der Waals surface area contributed by atoms with Gasteiger partial charge in [0.05, 0.1) is 5.92 Å². The summed E-state index contributed by atoms with van der Waals surface area (Å²) in [6.07, 6.45) is 3.44. The van der Waals surface area contributed by atoms with Gasteiger partial charge in [-0.05, 0) is 49.0 Å². The Bertz CT molecular complexity index is 475. The van der Waals surface area contributed by atoms with Crippen molar-refractivity contribution < 1.29 is 9.90 Å². The number of hydrogen-bond acceptors (Lipinski definition) is 1. The van der Waals surface area contributed by atoms with Crippen LogP contribution < -0.4 is 0 Å². The Hall–Kier alpha value is -1.31. The highest BCUT2D eigenvalue weighted by molar-refractivity contribution is 5.76. The highest BCUT2D eigenvalue weighted by atomic mass is 16.4. The van der Waals surface area contributed by atoms with E-state index in [1.165, 1.54) is 18.4 Å². The molecule has 1 aromatic rings.